The molecule has 1 aromatic carbocycles. The average molecular weight is 207 g/mol. The highest BCUT2D eigenvalue weighted by atomic mass is 16.3. The van der Waals surface area contributed by atoms with Crippen LogP contribution in [0, 0.1) is 0 Å². The van der Waals surface area contributed by atoms with Crippen molar-refractivity contribution in [3.63, 3.8) is 0 Å². The summed E-state index contributed by atoms with van der Waals surface area (Å²) in [6.45, 7) is 9.95. The predicted molar refractivity (Wildman–Crippen MR) is 64.8 cm³/mol. The van der Waals surface area contributed by atoms with Crippen LogP contribution in [0.4, 0.5) is 5.69 Å². The number of hydrogen-bond donors (Lipinski definition) is 2. The Labute approximate surface area is 92.1 Å². The van der Waals surface area contributed by atoms with E-state index >= 15 is 0 Å². The van der Waals surface area contributed by atoms with Gasteiger partial charge in [0, 0.05) is 5.69 Å². The van der Waals surface area contributed by atoms with Gasteiger partial charge in [0.15, 0.2) is 0 Å². The zero-order chi connectivity index (χ0) is 11.9. The third kappa shape index (κ3) is 2.96. The highest BCUT2D eigenvalue weighted by Crippen LogP contribution is 2.29. The van der Waals surface area contributed by atoms with E-state index in [4.69, 9.17) is 5.73 Å². The van der Waals surface area contributed by atoms with Crippen LogP contribution in [0.2, 0.25) is 0 Å². The average Bonchev–Trinajstić information content (AvgIpc) is 1.99. The molecule has 0 fully saturated rings. The van der Waals surface area contributed by atoms with E-state index in [-0.39, 0.29) is 5.41 Å². The van der Waals surface area contributed by atoms with Gasteiger partial charge in [-0.25, -0.2) is 0 Å². The van der Waals surface area contributed by atoms with Gasteiger partial charge >= 0.3 is 0 Å². The van der Waals surface area contributed by atoms with Crippen LogP contribution in [0.15, 0.2) is 18.2 Å². The number of rotatable bonds is 1. The van der Waals surface area contributed by atoms with Crippen molar-refractivity contribution < 1.29 is 5.11 Å². The van der Waals surface area contributed by atoms with E-state index in [0.29, 0.717) is 5.69 Å². The maximum atomic E-state index is 9.95. The number of nitrogen functional groups attached to an aromatic ring is 1. The molecule has 15 heavy (non-hydrogen) atoms. The summed E-state index contributed by atoms with van der Waals surface area (Å²) in [6.07, 6.45) is 0. The fourth-order valence-electron chi connectivity index (χ4n) is 1.44. The van der Waals surface area contributed by atoms with Gasteiger partial charge in [-0.05, 0) is 42.5 Å². The van der Waals surface area contributed by atoms with Crippen LogP contribution in [0.25, 0.3) is 0 Å². The zero-order valence-electron chi connectivity index (χ0n) is 10.3. The molecule has 0 atom stereocenters. The molecule has 0 amide bonds. The van der Waals surface area contributed by atoms with E-state index in [2.05, 4.69) is 20.8 Å². The Kier molecular flexibility index (Phi) is 2.83. The predicted octanol–water partition coefficient (Wildman–Crippen LogP) is 2.79. The fraction of sp³-hybridized carbons (Fsp3) is 0.538. The van der Waals surface area contributed by atoms with Crippen molar-refractivity contribution in [1.82, 2.24) is 0 Å². The lowest BCUT2D eigenvalue weighted by atomic mass is 9.84. The van der Waals surface area contributed by atoms with Crippen LogP contribution >= 0.6 is 0 Å². The van der Waals surface area contributed by atoms with Gasteiger partial charge in [0.1, 0.15) is 0 Å². The van der Waals surface area contributed by atoms with Crippen molar-refractivity contribution in [2.24, 2.45) is 0 Å². The Balaban J connectivity index is 3.30. The highest BCUT2D eigenvalue weighted by Gasteiger charge is 2.20. The van der Waals surface area contributed by atoms with Gasteiger partial charge in [0.2, 0.25) is 0 Å². The molecule has 0 bridgehead atoms. The summed E-state index contributed by atoms with van der Waals surface area (Å²) in [6, 6.07) is 5.82. The van der Waals surface area contributed by atoms with Crippen LogP contribution < -0.4 is 5.73 Å². The molecule has 0 aromatic heterocycles. The smallest absolute Gasteiger partial charge is 0.0841 e. The Morgan fingerprint density at radius 1 is 0.933 bits per heavy atom. The Morgan fingerprint density at radius 3 is 1.80 bits per heavy atom. The van der Waals surface area contributed by atoms with Crippen LogP contribution in [-0.2, 0) is 11.0 Å². The standard InChI is InChI=1S/C13H21NO/c1-12(2,3)9-6-10(13(4,5)15)8-11(14)7-9/h6-8,15H,14H2,1-5H3. The molecular formula is C13H21NO. The topological polar surface area (TPSA) is 46.2 Å². The summed E-state index contributed by atoms with van der Waals surface area (Å²) in [7, 11) is 0. The molecule has 2 heteroatoms. The highest BCUT2D eigenvalue weighted by molar-refractivity contribution is 5.48. The van der Waals surface area contributed by atoms with Gasteiger partial charge in [0.05, 0.1) is 5.60 Å². The molecule has 1 rings (SSSR count). The van der Waals surface area contributed by atoms with Crippen LogP contribution in [0.3, 0.4) is 0 Å². The molecule has 0 unspecified atom stereocenters. The second kappa shape index (κ2) is 3.53. The van der Waals surface area contributed by atoms with Gasteiger partial charge in [-0.15, -0.1) is 0 Å². The molecular weight excluding hydrogens is 186 g/mol. The molecule has 0 spiro atoms. The van der Waals surface area contributed by atoms with Crippen LogP contribution in [0.1, 0.15) is 45.7 Å². The number of anilines is 1. The quantitative estimate of drug-likeness (QED) is 0.696. The molecule has 0 heterocycles. The van der Waals surface area contributed by atoms with Gasteiger partial charge in [-0.2, -0.15) is 0 Å². The van der Waals surface area contributed by atoms with E-state index in [1.807, 2.05) is 18.2 Å². The minimum Gasteiger partial charge on any atom is -0.399 e. The molecule has 0 aliphatic carbocycles. The fourth-order valence-corrected chi connectivity index (χ4v) is 1.44. The molecule has 1 aromatic rings. The summed E-state index contributed by atoms with van der Waals surface area (Å²) in [5.74, 6) is 0. The van der Waals surface area contributed by atoms with Gasteiger partial charge in [0.25, 0.3) is 0 Å². The number of benzene rings is 1. The molecule has 0 saturated carbocycles. The normalized spacial score (nSPS) is 12.9. The van der Waals surface area contributed by atoms with Gasteiger partial charge in [-0.1, -0.05) is 26.8 Å². The summed E-state index contributed by atoms with van der Waals surface area (Å²) >= 11 is 0. The van der Waals surface area contributed by atoms with E-state index in [0.717, 1.165) is 11.1 Å². The summed E-state index contributed by atoms with van der Waals surface area (Å²) in [5.41, 5.74) is 7.78. The minimum absolute atomic E-state index is 0.0510. The Morgan fingerprint density at radius 2 is 1.40 bits per heavy atom. The number of nitrogens with two attached hydrogens (primary N) is 1. The van der Waals surface area contributed by atoms with Crippen LogP contribution in [0.5, 0.6) is 0 Å². The van der Waals surface area contributed by atoms with Gasteiger partial charge in [-0.3, -0.25) is 0 Å². The molecule has 84 valence electrons. The third-order valence-corrected chi connectivity index (χ3v) is 2.53. The largest absolute Gasteiger partial charge is 0.399 e. The Bertz CT molecular complexity index is 324. The lowest BCUT2D eigenvalue weighted by Gasteiger charge is -2.24. The lowest BCUT2D eigenvalue weighted by molar-refractivity contribution is 0.0785. The maximum Gasteiger partial charge on any atom is 0.0841 e. The SMILES string of the molecule is CC(C)(C)c1cc(N)cc(C(C)(C)O)c1. The Hall–Kier alpha value is -1.02. The number of hydrogen-bond acceptors (Lipinski definition) is 2. The van der Waals surface area contributed by atoms with Crippen molar-refractivity contribution in [1.29, 1.82) is 0 Å². The lowest BCUT2D eigenvalue weighted by Crippen LogP contribution is -2.19. The van der Waals surface area contributed by atoms with Crippen molar-refractivity contribution in [2.75, 3.05) is 5.73 Å². The molecule has 0 radical (unpaired) electrons. The maximum absolute atomic E-state index is 9.95. The van der Waals surface area contributed by atoms with Crippen molar-refractivity contribution in [3.8, 4) is 0 Å². The summed E-state index contributed by atoms with van der Waals surface area (Å²) < 4.78 is 0. The summed E-state index contributed by atoms with van der Waals surface area (Å²) in [5, 5.41) is 9.95. The first-order valence-corrected chi connectivity index (χ1v) is 5.24. The zero-order valence-corrected chi connectivity index (χ0v) is 10.3. The molecule has 2 nitrogen and oxygen atoms in total. The van der Waals surface area contributed by atoms with E-state index < -0.39 is 5.60 Å². The molecule has 0 aliphatic rings. The minimum atomic E-state index is -0.838. The van der Waals surface area contributed by atoms with E-state index in [1.165, 1.54) is 0 Å². The first kappa shape index (κ1) is 12.1. The second-order valence-corrected chi connectivity index (χ2v) is 5.65. The van der Waals surface area contributed by atoms with Crippen molar-refractivity contribution in [2.45, 2.75) is 45.6 Å². The molecule has 0 saturated heterocycles. The van der Waals surface area contributed by atoms with Crippen molar-refractivity contribution in [3.05, 3.63) is 29.3 Å². The summed E-state index contributed by atoms with van der Waals surface area (Å²) in [4.78, 5) is 0. The monoisotopic (exact) mass is 207 g/mol. The van der Waals surface area contributed by atoms with E-state index in [9.17, 15) is 5.11 Å². The first-order valence-electron chi connectivity index (χ1n) is 5.24. The van der Waals surface area contributed by atoms with Crippen molar-refractivity contribution >= 4 is 5.69 Å². The van der Waals surface area contributed by atoms with E-state index in [1.54, 1.807) is 13.8 Å². The third-order valence-electron chi connectivity index (χ3n) is 2.53. The van der Waals surface area contributed by atoms with Gasteiger partial charge < -0.3 is 10.8 Å². The second-order valence-electron chi connectivity index (χ2n) is 5.65. The number of aliphatic hydroxyl groups is 1. The molecule has 0 aliphatic heterocycles. The molecule has 3 N–H and O–H groups in total. The first-order chi connectivity index (χ1) is 6.60. The van der Waals surface area contributed by atoms with Crippen LogP contribution in [-0.4, -0.2) is 5.11 Å².